The Balaban J connectivity index is -0.0000000750. The van der Waals surface area contributed by atoms with Crippen molar-refractivity contribution in [1.82, 2.24) is 0 Å². The third-order valence-electron chi connectivity index (χ3n) is 0.329. The van der Waals surface area contributed by atoms with E-state index in [1.807, 2.05) is 19.1 Å². The van der Waals surface area contributed by atoms with E-state index < -0.39 is 0 Å². The van der Waals surface area contributed by atoms with Crippen molar-refractivity contribution in [3.05, 3.63) is 38.0 Å². The maximum absolute atomic E-state index is 3.46. The highest BCUT2D eigenvalue weighted by Crippen LogP contribution is 1.64. The van der Waals surface area contributed by atoms with Crippen LogP contribution < -0.4 is 0 Å². The molecule has 48 valence electrons. The summed E-state index contributed by atoms with van der Waals surface area (Å²) in [5.74, 6) is 0. The van der Waals surface area contributed by atoms with Gasteiger partial charge in [0, 0.05) is 0 Å². The van der Waals surface area contributed by atoms with Crippen LogP contribution in [0, 0.1) is 0 Å². The highest BCUT2D eigenvalue weighted by Gasteiger charge is 1.42. The summed E-state index contributed by atoms with van der Waals surface area (Å²) in [6.45, 7) is 11.4. The first kappa shape index (κ1) is 15.7. The Labute approximate surface area is 51.3 Å². The van der Waals surface area contributed by atoms with Crippen molar-refractivity contribution in [3.63, 3.8) is 0 Å². The minimum absolute atomic E-state index is 0. The molecule has 0 fully saturated rings. The van der Waals surface area contributed by atoms with Crippen molar-refractivity contribution in [2.24, 2.45) is 0 Å². The van der Waals surface area contributed by atoms with Gasteiger partial charge in [-0.25, -0.2) is 0 Å². The van der Waals surface area contributed by atoms with Crippen molar-refractivity contribution in [2.45, 2.75) is 6.92 Å². The molecule has 0 saturated carbocycles. The summed E-state index contributed by atoms with van der Waals surface area (Å²) in [6, 6.07) is 0. The molecule has 0 aliphatic carbocycles. The van der Waals surface area contributed by atoms with Gasteiger partial charge < -0.3 is 5.48 Å². The SMILES string of the molecule is C=C.C=CC=CC.O. The number of rotatable bonds is 1. The van der Waals surface area contributed by atoms with Crippen molar-refractivity contribution in [2.75, 3.05) is 0 Å². The molecule has 0 aromatic carbocycles. The van der Waals surface area contributed by atoms with Crippen LogP contribution in [0.3, 0.4) is 0 Å². The van der Waals surface area contributed by atoms with Gasteiger partial charge in [-0.3, -0.25) is 0 Å². The normalized spacial score (nSPS) is 6.12. The van der Waals surface area contributed by atoms with Crippen molar-refractivity contribution < 1.29 is 5.48 Å². The van der Waals surface area contributed by atoms with Crippen LogP contribution in [0.1, 0.15) is 6.92 Å². The van der Waals surface area contributed by atoms with Gasteiger partial charge in [-0.15, -0.1) is 13.2 Å². The quantitative estimate of drug-likeness (QED) is 0.367. The Morgan fingerprint density at radius 2 is 1.62 bits per heavy atom. The summed E-state index contributed by atoms with van der Waals surface area (Å²) in [7, 11) is 0. The Hall–Kier alpha value is -0.820. The molecular weight excluding hydrogens is 100 g/mol. The Morgan fingerprint density at radius 1 is 1.25 bits per heavy atom. The standard InChI is InChI=1S/C5H8.C2H4.H2O/c1-3-5-4-2;1-2;/h3-5H,1H2,2H3;1-2H2;1H2. The van der Waals surface area contributed by atoms with Crippen molar-refractivity contribution in [3.8, 4) is 0 Å². The zero-order valence-electron chi connectivity index (χ0n) is 5.35. The van der Waals surface area contributed by atoms with Crippen LogP contribution in [-0.4, -0.2) is 5.48 Å². The topological polar surface area (TPSA) is 31.5 Å². The van der Waals surface area contributed by atoms with Crippen molar-refractivity contribution in [1.29, 1.82) is 0 Å². The molecule has 0 spiro atoms. The molecule has 0 rings (SSSR count). The molecule has 0 amide bonds. The van der Waals surface area contributed by atoms with Gasteiger partial charge in [0.05, 0.1) is 0 Å². The first-order chi connectivity index (χ1) is 3.41. The van der Waals surface area contributed by atoms with E-state index in [-0.39, 0.29) is 5.48 Å². The van der Waals surface area contributed by atoms with E-state index >= 15 is 0 Å². The summed E-state index contributed by atoms with van der Waals surface area (Å²) < 4.78 is 0. The molecule has 8 heavy (non-hydrogen) atoms. The second kappa shape index (κ2) is 34.9. The van der Waals surface area contributed by atoms with E-state index in [4.69, 9.17) is 0 Å². The van der Waals surface area contributed by atoms with E-state index in [9.17, 15) is 0 Å². The van der Waals surface area contributed by atoms with Gasteiger partial charge in [-0.1, -0.05) is 24.8 Å². The maximum Gasteiger partial charge on any atom is -0.0467 e. The first-order valence-electron chi connectivity index (χ1n) is 2.15. The highest BCUT2D eigenvalue weighted by atomic mass is 16.0. The summed E-state index contributed by atoms with van der Waals surface area (Å²) in [5.41, 5.74) is 0. The van der Waals surface area contributed by atoms with E-state index in [1.165, 1.54) is 0 Å². The predicted molar refractivity (Wildman–Crippen MR) is 39.9 cm³/mol. The second-order valence-corrected chi connectivity index (χ2v) is 0.761. The van der Waals surface area contributed by atoms with Gasteiger partial charge in [-0.2, -0.15) is 0 Å². The maximum atomic E-state index is 3.46. The molecule has 0 unspecified atom stereocenters. The largest absolute Gasteiger partial charge is 0.412 e. The number of allylic oxidation sites excluding steroid dienone is 3. The zero-order chi connectivity index (χ0) is 6.12. The lowest BCUT2D eigenvalue weighted by molar-refractivity contribution is 0.824. The summed E-state index contributed by atoms with van der Waals surface area (Å²) in [4.78, 5) is 0. The minimum Gasteiger partial charge on any atom is -0.412 e. The molecular formula is C7H14O. The summed E-state index contributed by atoms with van der Waals surface area (Å²) >= 11 is 0. The lowest BCUT2D eigenvalue weighted by Crippen LogP contribution is -1.33. The molecule has 0 atom stereocenters. The molecule has 0 saturated heterocycles. The molecule has 1 nitrogen and oxygen atoms in total. The molecule has 0 radical (unpaired) electrons. The molecule has 0 aliphatic heterocycles. The Morgan fingerprint density at radius 3 is 1.62 bits per heavy atom. The molecule has 2 N–H and O–H groups in total. The second-order valence-electron chi connectivity index (χ2n) is 0.761. The lowest BCUT2D eigenvalue weighted by Gasteiger charge is -1.56. The van der Waals surface area contributed by atoms with Gasteiger partial charge in [0.15, 0.2) is 0 Å². The number of hydrogen-bond donors (Lipinski definition) is 0. The summed E-state index contributed by atoms with van der Waals surface area (Å²) in [5, 5.41) is 0. The predicted octanol–water partition coefficient (Wildman–Crippen LogP) is 1.73. The monoisotopic (exact) mass is 114 g/mol. The zero-order valence-corrected chi connectivity index (χ0v) is 5.35. The molecule has 0 heterocycles. The van der Waals surface area contributed by atoms with Crippen LogP contribution >= 0.6 is 0 Å². The van der Waals surface area contributed by atoms with Crippen LogP contribution in [0.2, 0.25) is 0 Å². The Bertz CT molecular complexity index is 55.4. The van der Waals surface area contributed by atoms with Gasteiger partial charge in [0.1, 0.15) is 0 Å². The van der Waals surface area contributed by atoms with Crippen LogP contribution in [0.15, 0.2) is 38.0 Å². The fourth-order valence-corrected chi connectivity index (χ4v) is 0.136. The fraction of sp³-hybridized carbons (Fsp3) is 0.143. The average Bonchev–Trinajstić information content (AvgIpc) is 1.75. The van der Waals surface area contributed by atoms with Crippen LogP contribution in [0.25, 0.3) is 0 Å². The average molecular weight is 114 g/mol. The van der Waals surface area contributed by atoms with Crippen LogP contribution in [-0.2, 0) is 0 Å². The summed E-state index contributed by atoms with van der Waals surface area (Å²) in [6.07, 6.45) is 5.58. The van der Waals surface area contributed by atoms with Crippen LogP contribution in [0.5, 0.6) is 0 Å². The number of hydrogen-bond acceptors (Lipinski definition) is 0. The minimum atomic E-state index is 0. The van der Waals surface area contributed by atoms with Gasteiger partial charge in [0.2, 0.25) is 0 Å². The van der Waals surface area contributed by atoms with Gasteiger partial charge in [0.25, 0.3) is 0 Å². The third-order valence-corrected chi connectivity index (χ3v) is 0.329. The molecule has 1 heteroatoms. The highest BCUT2D eigenvalue weighted by molar-refractivity contribution is 4.94. The molecule has 0 aromatic heterocycles. The molecule has 0 aliphatic rings. The van der Waals surface area contributed by atoms with Gasteiger partial charge >= 0.3 is 0 Å². The van der Waals surface area contributed by atoms with Crippen molar-refractivity contribution >= 4 is 0 Å². The Kier molecular flexibility index (Phi) is 68.5. The van der Waals surface area contributed by atoms with E-state index in [0.717, 1.165) is 0 Å². The molecule has 0 bridgehead atoms. The third kappa shape index (κ3) is 65.0. The first-order valence-corrected chi connectivity index (χ1v) is 2.15. The van der Waals surface area contributed by atoms with E-state index in [1.54, 1.807) is 6.08 Å². The van der Waals surface area contributed by atoms with Gasteiger partial charge in [-0.05, 0) is 6.92 Å². The fourth-order valence-electron chi connectivity index (χ4n) is 0.136. The van der Waals surface area contributed by atoms with Crippen LogP contribution in [0.4, 0.5) is 0 Å². The molecule has 0 aromatic rings. The smallest absolute Gasteiger partial charge is 0.0467 e. The van der Waals surface area contributed by atoms with E-state index in [0.29, 0.717) is 0 Å². The van der Waals surface area contributed by atoms with E-state index in [2.05, 4.69) is 19.7 Å². The lowest BCUT2D eigenvalue weighted by atomic mass is 10.5.